The minimum atomic E-state index is -1.07. The molecule has 4 nitrogen and oxygen atoms in total. The van der Waals surface area contributed by atoms with E-state index < -0.39 is 11.8 Å². The Bertz CT molecular complexity index is 983. The molecule has 1 atom stereocenters. The third kappa shape index (κ3) is 6.07. The Morgan fingerprint density at radius 2 is 2.03 bits per heavy atom. The summed E-state index contributed by atoms with van der Waals surface area (Å²) in [4.78, 5) is 15.8. The third-order valence-corrected chi connectivity index (χ3v) is 8.27. The van der Waals surface area contributed by atoms with Crippen molar-refractivity contribution in [2.45, 2.75) is 49.3 Å². The van der Waals surface area contributed by atoms with E-state index in [1.165, 1.54) is 31.0 Å². The van der Waals surface area contributed by atoms with Gasteiger partial charge in [-0.15, -0.1) is 23.5 Å². The summed E-state index contributed by atoms with van der Waals surface area (Å²) in [6, 6.07) is 14.6. The Hall–Kier alpha value is -2.12. The smallest absolute Gasteiger partial charge is 0.370 e. The Morgan fingerprint density at radius 3 is 2.67 bits per heavy atom. The van der Waals surface area contributed by atoms with E-state index in [1.54, 1.807) is 0 Å². The van der Waals surface area contributed by atoms with Crippen LogP contribution in [0.1, 0.15) is 39.5 Å². The van der Waals surface area contributed by atoms with E-state index >= 15 is 0 Å². The summed E-state index contributed by atoms with van der Waals surface area (Å²) in [5.41, 5.74) is 2.48. The van der Waals surface area contributed by atoms with E-state index in [-0.39, 0.29) is 5.41 Å². The van der Waals surface area contributed by atoms with E-state index in [2.05, 4.69) is 53.8 Å². The quantitative estimate of drug-likeness (QED) is 0.156. The Balaban J connectivity index is 2.06. The maximum Gasteiger partial charge on any atom is 0.370 e. The number of carbonyl (C=O) groups excluding carboxylic acids is 1. The molecule has 0 radical (unpaired) electrons. The van der Waals surface area contributed by atoms with Crippen LogP contribution in [0, 0.1) is 5.41 Å². The van der Waals surface area contributed by atoms with Crippen LogP contribution in [-0.4, -0.2) is 31.6 Å². The van der Waals surface area contributed by atoms with Gasteiger partial charge in [0.1, 0.15) is 12.0 Å². The van der Waals surface area contributed by atoms with E-state index in [9.17, 15) is 9.18 Å². The van der Waals surface area contributed by atoms with Gasteiger partial charge >= 0.3 is 5.97 Å². The largest absolute Gasteiger partial charge is 0.464 e. The molecule has 1 aliphatic rings. The van der Waals surface area contributed by atoms with Gasteiger partial charge in [0.05, 0.1) is 17.7 Å². The van der Waals surface area contributed by atoms with Gasteiger partial charge in [0, 0.05) is 22.9 Å². The summed E-state index contributed by atoms with van der Waals surface area (Å²) in [6.07, 6.45) is 7.44. The summed E-state index contributed by atoms with van der Waals surface area (Å²) in [7, 11) is 1.14. The summed E-state index contributed by atoms with van der Waals surface area (Å²) in [5.74, 6) is -0.589. The molecule has 7 heteroatoms. The maximum absolute atomic E-state index is 13.9. The van der Waals surface area contributed by atoms with E-state index in [1.807, 2.05) is 30.2 Å². The molecule has 178 valence electrons. The average molecular weight is 490 g/mol. The molecular formula is C26H32FNO3S2. The molecule has 3 rings (SSSR count). The molecule has 2 aromatic rings. The molecule has 0 N–H and O–H groups in total. The number of rotatable bonds is 9. The topological polar surface area (TPSA) is 38.8 Å². The van der Waals surface area contributed by atoms with Crippen LogP contribution in [0.2, 0.25) is 0 Å². The molecule has 0 aromatic heterocycles. The van der Waals surface area contributed by atoms with Gasteiger partial charge in [-0.05, 0) is 48.8 Å². The molecule has 0 amide bonds. The van der Waals surface area contributed by atoms with Crippen LogP contribution in [0.4, 0.5) is 15.8 Å². The van der Waals surface area contributed by atoms with Crippen molar-refractivity contribution >= 4 is 40.9 Å². The number of benzene rings is 2. The van der Waals surface area contributed by atoms with Crippen LogP contribution in [-0.2, 0) is 9.53 Å². The van der Waals surface area contributed by atoms with Gasteiger partial charge in [0.2, 0.25) is 5.83 Å². The van der Waals surface area contributed by atoms with Gasteiger partial charge in [0.15, 0.2) is 0 Å². The number of para-hydroxylation sites is 1. The SMILES string of the molecule is CCCCC1(CC)CSc2cc(O/C=C(\F)C(=O)OC)c(SC)cc2N(c2ccccc2)C1. The zero-order valence-electron chi connectivity index (χ0n) is 19.7. The van der Waals surface area contributed by atoms with Crippen LogP contribution in [0.25, 0.3) is 0 Å². The highest BCUT2D eigenvalue weighted by atomic mass is 32.2. The second kappa shape index (κ2) is 11.8. The van der Waals surface area contributed by atoms with Crippen LogP contribution in [0.3, 0.4) is 0 Å². The first-order valence-corrected chi connectivity index (χ1v) is 13.5. The minimum absolute atomic E-state index is 0.187. The maximum atomic E-state index is 13.9. The number of unbranched alkanes of at least 4 members (excludes halogenated alkanes) is 1. The molecule has 2 aromatic carbocycles. The minimum Gasteiger partial charge on any atom is -0.464 e. The van der Waals surface area contributed by atoms with Crippen molar-refractivity contribution in [3.05, 3.63) is 54.6 Å². The average Bonchev–Trinajstić information content (AvgIpc) is 3.02. The first kappa shape index (κ1) is 25.5. The van der Waals surface area contributed by atoms with Gasteiger partial charge in [-0.1, -0.05) is 44.9 Å². The molecule has 0 fully saturated rings. The van der Waals surface area contributed by atoms with E-state index in [0.717, 1.165) is 53.3 Å². The highest BCUT2D eigenvalue weighted by Crippen LogP contribution is 2.49. The van der Waals surface area contributed by atoms with Crippen LogP contribution in [0.15, 0.2) is 64.3 Å². The predicted molar refractivity (Wildman–Crippen MR) is 136 cm³/mol. The molecule has 0 spiro atoms. The molecule has 1 heterocycles. The number of hydrogen-bond acceptors (Lipinski definition) is 6. The highest BCUT2D eigenvalue weighted by molar-refractivity contribution is 7.99. The fraction of sp³-hybridized carbons (Fsp3) is 0.423. The van der Waals surface area contributed by atoms with Gasteiger partial charge in [0.25, 0.3) is 0 Å². The summed E-state index contributed by atoms with van der Waals surface area (Å²) >= 11 is 3.36. The predicted octanol–water partition coefficient (Wildman–Crippen LogP) is 7.60. The van der Waals surface area contributed by atoms with Crippen molar-refractivity contribution in [1.82, 2.24) is 0 Å². The molecule has 1 aliphatic heterocycles. The van der Waals surface area contributed by atoms with Crippen molar-refractivity contribution in [3.63, 3.8) is 0 Å². The van der Waals surface area contributed by atoms with Gasteiger partial charge in [-0.3, -0.25) is 0 Å². The highest BCUT2D eigenvalue weighted by Gasteiger charge is 2.35. The molecule has 0 aliphatic carbocycles. The number of esters is 1. The molecule has 0 saturated carbocycles. The monoisotopic (exact) mass is 489 g/mol. The number of anilines is 2. The Morgan fingerprint density at radius 1 is 1.27 bits per heavy atom. The number of halogens is 1. The van der Waals surface area contributed by atoms with Crippen LogP contribution in [0.5, 0.6) is 5.75 Å². The first-order chi connectivity index (χ1) is 16.0. The van der Waals surface area contributed by atoms with Crippen LogP contribution >= 0.6 is 23.5 Å². The fourth-order valence-electron chi connectivity index (χ4n) is 4.00. The first-order valence-electron chi connectivity index (χ1n) is 11.2. The number of thioether (sulfide) groups is 2. The van der Waals surface area contributed by atoms with Crippen molar-refractivity contribution in [3.8, 4) is 5.75 Å². The lowest BCUT2D eigenvalue weighted by Crippen LogP contribution is -2.35. The molecule has 0 bridgehead atoms. The van der Waals surface area contributed by atoms with Crippen molar-refractivity contribution in [2.75, 3.05) is 30.6 Å². The number of fused-ring (bicyclic) bond motifs is 1. The Labute approximate surface area is 204 Å². The lowest BCUT2D eigenvalue weighted by molar-refractivity contribution is -0.137. The second-order valence-corrected chi connectivity index (χ2v) is 10.1. The van der Waals surface area contributed by atoms with Gasteiger partial charge in [-0.2, -0.15) is 4.39 Å². The standard InChI is InChI=1S/C26H32FNO3S2/c1-5-7-13-26(6-2)17-28(19-11-9-8-10-12-19)21-14-24(32-4)22(15-23(21)33-18-26)31-16-20(27)25(29)30-3/h8-12,14-16H,5-7,13,17-18H2,1-4H3/b20-16-. The molecule has 0 saturated heterocycles. The number of nitrogens with zero attached hydrogens (tertiary/aromatic N) is 1. The molecule has 33 heavy (non-hydrogen) atoms. The zero-order chi connectivity index (χ0) is 23.8. The Kier molecular flexibility index (Phi) is 9.15. The number of ether oxygens (including phenoxy) is 2. The third-order valence-electron chi connectivity index (χ3n) is 6.11. The van der Waals surface area contributed by atoms with Crippen LogP contribution < -0.4 is 9.64 Å². The van der Waals surface area contributed by atoms with Crippen molar-refractivity contribution in [1.29, 1.82) is 0 Å². The summed E-state index contributed by atoms with van der Waals surface area (Å²) < 4.78 is 23.9. The van der Waals surface area contributed by atoms with E-state index in [4.69, 9.17) is 4.74 Å². The summed E-state index contributed by atoms with van der Waals surface area (Å²) in [5, 5.41) is 0. The second-order valence-electron chi connectivity index (χ2n) is 8.21. The van der Waals surface area contributed by atoms with E-state index in [0.29, 0.717) is 5.75 Å². The van der Waals surface area contributed by atoms with Crippen molar-refractivity contribution in [2.24, 2.45) is 5.41 Å². The van der Waals surface area contributed by atoms with Crippen molar-refractivity contribution < 1.29 is 18.7 Å². The van der Waals surface area contributed by atoms with Gasteiger partial charge in [-0.25, -0.2) is 4.79 Å². The lowest BCUT2D eigenvalue weighted by atomic mass is 9.81. The fourth-order valence-corrected chi connectivity index (χ4v) is 5.95. The zero-order valence-corrected chi connectivity index (χ0v) is 21.4. The lowest BCUT2D eigenvalue weighted by Gasteiger charge is -2.37. The molecular weight excluding hydrogens is 457 g/mol. The molecule has 1 unspecified atom stereocenters. The number of methoxy groups -OCH3 is 1. The summed E-state index contributed by atoms with van der Waals surface area (Å²) in [6.45, 7) is 5.47. The number of carbonyl (C=O) groups is 1. The van der Waals surface area contributed by atoms with Gasteiger partial charge < -0.3 is 14.4 Å². The normalized spacial score (nSPS) is 18.5. The number of hydrogen-bond donors (Lipinski definition) is 0.